The predicted molar refractivity (Wildman–Crippen MR) is 81.2 cm³/mol. The summed E-state index contributed by atoms with van der Waals surface area (Å²) < 4.78 is 0.677. The van der Waals surface area contributed by atoms with Crippen molar-refractivity contribution in [3.63, 3.8) is 0 Å². The Morgan fingerprint density at radius 1 is 1.33 bits per heavy atom. The molecule has 0 radical (unpaired) electrons. The molecule has 1 aliphatic heterocycles. The molecule has 1 aromatic carbocycles. The molecule has 1 heterocycles. The van der Waals surface area contributed by atoms with Crippen molar-refractivity contribution < 1.29 is 4.79 Å². The van der Waals surface area contributed by atoms with E-state index in [0.29, 0.717) is 4.32 Å². The molecule has 1 amide bonds. The number of nitrogens with zero attached hydrogens (tertiary/aromatic N) is 1. The Morgan fingerprint density at radius 3 is 2.72 bits per heavy atom. The Labute approximate surface area is 117 Å². The van der Waals surface area contributed by atoms with Gasteiger partial charge in [-0.05, 0) is 18.1 Å². The number of thioether (sulfide) groups is 1. The third-order valence-electron chi connectivity index (χ3n) is 2.71. The smallest absolute Gasteiger partial charge is 0.266 e. The van der Waals surface area contributed by atoms with E-state index < -0.39 is 0 Å². The highest BCUT2D eigenvalue weighted by Gasteiger charge is 2.31. The van der Waals surface area contributed by atoms with Gasteiger partial charge in [-0.25, -0.2) is 0 Å². The van der Waals surface area contributed by atoms with Crippen LogP contribution in [-0.2, 0) is 4.79 Å². The van der Waals surface area contributed by atoms with Gasteiger partial charge in [0.1, 0.15) is 4.32 Å². The molecular formula is C14H15NOS2. The SMILES string of the molecule is CCCCN1C(=O)/C(=C/c2ccccc2)SC1=S. The Kier molecular flexibility index (Phi) is 4.55. The van der Waals surface area contributed by atoms with Crippen molar-refractivity contribution in [2.45, 2.75) is 19.8 Å². The van der Waals surface area contributed by atoms with Crippen LogP contribution < -0.4 is 0 Å². The Hall–Kier alpha value is -1.13. The van der Waals surface area contributed by atoms with Crippen molar-refractivity contribution in [1.29, 1.82) is 0 Å². The van der Waals surface area contributed by atoms with E-state index in [1.165, 1.54) is 11.8 Å². The number of rotatable bonds is 4. The second kappa shape index (κ2) is 6.16. The lowest BCUT2D eigenvalue weighted by Crippen LogP contribution is -2.28. The van der Waals surface area contributed by atoms with Crippen LogP contribution in [0.2, 0.25) is 0 Å². The zero-order valence-electron chi connectivity index (χ0n) is 10.3. The van der Waals surface area contributed by atoms with E-state index in [4.69, 9.17) is 12.2 Å². The van der Waals surface area contributed by atoms with Crippen LogP contribution in [0.15, 0.2) is 35.2 Å². The van der Waals surface area contributed by atoms with Gasteiger partial charge in [-0.1, -0.05) is 67.7 Å². The first kappa shape index (κ1) is 13.3. The summed E-state index contributed by atoms with van der Waals surface area (Å²) in [4.78, 5) is 14.6. The van der Waals surface area contributed by atoms with Crippen LogP contribution in [0.3, 0.4) is 0 Å². The van der Waals surface area contributed by atoms with Gasteiger partial charge in [0.05, 0.1) is 4.91 Å². The van der Waals surface area contributed by atoms with Crippen molar-refractivity contribution in [2.75, 3.05) is 6.54 Å². The molecule has 0 saturated carbocycles. The molecule has 0 spiro atoms. The van der Waals surface area contributed by atoms with E-state index in [-0.39, 0.29) is 5.91 Å². The molecule has 0 aliphatic carbocycles. The van der Waals surface area contributed by atoms with Crippen molar-refractivity contribution in [2.24, 2.45) is 0 Å². The fraction of sp³-hybridized carbons (Fsp3) is 0.286. The van der Waals surface area contributed by atoms with Crippen LogP contribution in [0.1, 0.15) is 25.3 Å². The molecule has 0 unspecified atom stereocenters. The molecule has 1 aromatic rings. The van der Waals surface area contributed by atoms with Crippen LogP contribution in [0.25, 0.3) is 6.08 Å². The van der Waals surface area contributed by atoms with Crippen molar-refractivity contribution in [3.05, 3.63) is 40.8 Å². The molecular weight excluding hydrogens is 262 g/mol. The van der Waals surface area contributed by atoms with Crippen LogP contribution in [0.4, 0.5) is 0 Å². The van der Waals surface area contributed by atoms with Crippen LogP contribution in [-0.4, -0.2) is 21.7 Å². The fourth-order valence-corrected chi connectivity index (χ4v) is 3.02. The van der Waals surface area contributed by atoms with Gasteiger partial charge in [-0.3, -0.25) is 9.69 Å². The summed E-state index contributed by atoms with van der Waals surface area (Å²) in [5, 5.41) is 0. The minimum atomic E-state index is 0.0438. The van der Waals surface area contributed by atoms with Crippen molar-refractivity contribution >= 4 is 40.3 Å². The third kappa shape index (κ3) is 3.00. The summed E-state index contributed by atoms with van der Waals surface area (Å²) >= 11 is 6.65. The lowest BCUT2D eigenvalue weighted by molar-refractivity contribution is -0.122. The van der Waals surface area contributed by atoms with Gasteiger partial charge in [-0.15, -0.1) is 0 Å². The number of benzene rings is 1. The van der Waals surface area contributed by atoms with Gasteiger partial charge in [0.25, 0.3) is 5.91 Å². The quantitative estimate of drug-likeness (QED) is 0.618. The number of unbranched alkanes of at least 4 members (excludes halogenated alkanes) is 1. The molecule has 1 fully saturated rings. The van der Waals surface area contributed by atoms with E-state index >= 15 is 0 Å². The molecule has 0 atom stereocenters. The summed E-state index contributed by atoms with van der Waals surface area (Å²) in [6, 6.07) is 9.86. The van der Waals surface area contributed by atoms with Crippen molar-refractivity contribution in [1.82, 2.24) is 4.90 Å². The highest BCUT2D eigenvalue weighted by Crippen LogP contribution is 2.32. The molecule has 18 heavy (non-hydrogen) atoms. The molecule has 2 rings (SSSR count). The topological polar surface area (TPSA) is 20.3 Å². The molecule has 1 saturated heterocycles. The minimum absolute atomic E-state index is 0.0438. The van der Waals surface area contributed by atoms with Gasteiger partial charge >= 0.3 is 0 Å². The molecule has 2 nitrogen and oxygen atoms in total. The number of amides is 1. The van der Waals surface area contributed by atoms with Gasteiger partial charge < -0.3 is 0 Å². The fourth-order valence-electron chi connectivity index (χ4n) is 1.71. The minimum Gasteiger partial charge on any atom is -0.293 e. The second-order valence-corrected chi connectivity index (χ2v) is 5.77. The second-order valence-electron chi connectivity index (χ2n) is 4.10. The van der Waals surface area contributed by atoms with Crippen LogP contribution in [0.5, 0.6) is 0 Å². The maximum Gasteiger partial charge on any atom is 0.266 e. The van der Waals surface area contributed by atoms with Crippen LogP contribution >= 0.6 is 24.0 Å². The van der Waals surface area contributed by atoms with E-state index in [0.717, 1.165) is 29.9 Å². The van der Waals surface area contributed by atoms with E-state index in [1.807, 2.05) is 36.4 Å². The molecule has 94 valence electrons. The summed E-state index contributed by atoms with van der Waals surface area (Å²) in [5.74, 6) is 0.0438. The number of hydrogen-bond acceptors (Lipinski definition) is 3. The highest BCUT2D eigenvalue weighted by molar-refractivity contribution is 8.26. The molecule has 1 aliphatic rings. The van der Waals surface area contributed by atoms with E-state index in [2.05, 4.69) is 6.92 Å². The first-order chi connectivity index (χ1) is 8.72. The monoisotopic (exact) mass is 277 g/mol. The first-order valence-corrected chi connectivity index (χ1v) is 7.25. The number of hydrogen-bond donors (Lipinski definition) is 0. The molecule has 0 aromatic heterocycles. The van der Waals surface area contributed by atoms with Crippen molar-refractivity contribution in [3.8, 4) is 0 Å². The zero-order valence-corrected chi connectivity index (χ0v) is 11.9. The molecule has 0 bridgehead atoms. The highest BCUT2D eigenvalue weighted by atomic mass is 32.2. The number of carbonyl (C=O) groups excluding carboxylic acids is 1. The van der Waals surface area contributed by atoms with Crippen LogP contribution in [0, 0.1) is 0 Å². The summed E-state index contributed by atoms with van der Waals surface area (Å²) in [5.41, 5.74) is 1.04. The van der Waals surface area contributed by atoms with Gasteiger partial charge in [0.15, 0.2) is 0 Å². The van der Waals surface area contributed by atoms with Gasteiger partial charge in [0, 0.05) is 6.54 Å². The number of carbonyl (C=O) groups is 1. The third-order valence-corrected chi connectivity index (χ3v) is 4.08. The average Bonchev–Trinajstić information content (AvgIpc) is 2.64. The maximum absolute atomic E-state index is 12.2. The van der Waals surface area contributed by atoms with E-state index in [9.17, 15) is 4.79 Å². The summed E-state index contributed by atoms with van der Waals surface area (Å²) in [6.45, 7) is 2.84. The Bertz CT molecular complexity index is 482. The largest absolute Gasteiger partial charge is 0.293 e. The molecule has 0 N–H and O–H groups in total. The lowest BCUT2D eigenvalue weighted by Gasteiger charge is -2.12. The average molecular weight is 277 g/mol. The number of thiocarbonyl (C=S) groups is 1. The normalized spacial score (nSPS) is 17.8. The first-order valence-electron chi connectivity index (χ1n) is 6.03. The Morgan fingerprint density at radius 2 is 2.06 bits per heavy atom. The van der Waals surface area contributed by atoms with Gasteiger partial charge in [0.2, 0.25) is 0 Å². The summed E-state index contributed by atoms with van der Waals surface area (Å²) in [7, 11) is 0. The molecule has 4 heteroatoms. The standard InChI is InChI=1S/C14H15NOS2/c1-2-3-9-15-13(16)12(18-14(15)17)10-11-7-5-4-6-8-11/h4-8,10H,2-3,9H2,1H3/b12-10-. The van der Waals surface area contributed by atoms with Gasteiger partial charge in [-0.2, -0.15) is 0 Å². The lowest BCUT2D eigenvalue weighted by atomic mass is 10.2. The zero-order chi connectivity index (χ0) is 13.0. The summed E-state index contributed by atoms with van der Waals surface area (Å²) in [6.07, 6.45) is 3.96. The predicted octanol–water partition coefficient (Wildman–Crippen LogP) is 3.69. The Balaban J connectivity index is 2.15. The van der Waals surface area contributed by atoms with E-state index in [1.54, 1.807) is 4.90 Å². The maximum atomic E-state index is 12.2.